The molecule has 0 aliphatic rings. The molecule has 2 rings (SSSR count). The van der Waals surface area contributed by atoms with Crippen molar-refractivity contribution in [3.63, 3.8) is 0 Å². The van der Waals surface area contributed by atoms with Gasteiger partial charge in [0.1, 0.15) is 5.82 Å². The minimum atomic E-state index is -0.796. The second kappa shape index (κ2) is 5.67. The molecule has 5 heteroatoms. The summed E-state index contributed by atoms with van der Waals surface area (Å²) in [6.07, 6.45) is 2.69. The van der Waals surface area contributed by atoms with Gasteiger partial charge in [-0.3, -0.25) is 4.98 Å². The maximum atomic E-state index is 13.3. The highest BCUT2D eigenvalue weighted by Crippen LogP contribution is 2.27. The van der Waals surface area contributed by atoms with Gasteiger partial charge in [0.25, 0.3) is 0 Å². The predicted molar refractivity (Wildman–Crippen MR) is 76.4 cm³/mol. The van der Waals surface area contributed by atoms with Crippen LogP contribution in [0.15, 0.2) is 47.2 Å². The number of benzene rings is 1. The number of nitrogens with one attached hydrogen (secondary N) is 1. The lowest BCUT2D eigenvalue weighted by Gasteiger charge is -2.30. The Kier molecular flexibility index (Phi) is 4.17. The van der Waals surface area contributed by atoms with Gasteiger partial charge in [0.05, 0.1) is 18.3 Å². The van der Waals surface area contributed by atoms with Gasteiger partial charge in [-0.2, -0.15) is 0 Å². The fourth-order valence-corrected chi connectivity index (χ4v) is 2.20. The van der Waals surface area contributed by atoms with Gasteiger partial charge in [-0.05, 0) is 31.2 Å². The first kappa shape index (κ1) is 14.0. The molecule has 0 aliphatic carbocycles. The zero-order valence-corrected chi connectivity index (χ0v) is 12.0. The number of aliphatic hydroxyl groups is 1. The molecule has 1 atom stereocenters. The highest BCUT2D eigenvalue weighted by atomic mass is 79.9. The maximum absolute atomic E-state index is 13.3. The van der Waals surface area contributed by atoms with Gasteiger partial charge in [-0.25, -0.2) is 4.39 Å². The number of anilines is 1. The molecule has 0 saturated carbocycles. The van der Waals surface area contributed by atoms with E-state index in [2.05, 4.69) is 26.2 Å². The standard InChI is InChI=1S/C14H14BrFN2O/c1-14(9-19,10-5-12(16)8-17-7-10)18-13-4-2-3-11(15)6-13/h2-8,18-19H,9H2,1H3. The van der Waals surface area contributed by atoms with E-state index in [-0.39, 0.29) is 6.61 Å². The largest absolute Gasteiger partial charge is 0.394 e. The minimum absolute atomic E-state index is 0.176. The van der Waals surface area contributed by atoms with E-state index in [1.54, 1.807) is 13.1 Å². The van der Waals surface area contributed by atoms with Crippen molar-refractivity contribution in [1.82, 2.24) is 4.98 Å². The van der Waals surface area contributed by atoms with Crippen LogP contribution in [0, 0.1) is 5.82 Å². The van der Waals surface area contributed by atoms with Crippen molar-refractivity contribution in [3.8, 4) is 0 Å². The topological polar surface area (TPSA) is 45.1 Å². The van der Waals surface area contributed by atoms with Gasteiger partial charge in [-0.1, -0.05) is 22.0 Å². The predicted octanol–water partition coefficient (Wildman–Crippen LogP) is 3.30. The average molecular weight is 325 g/mol. The van der Waals surface area contributed by atoms with Crippen LogP contribution in [0.5, 0.6) is 0 Å². The molecule has 2 aromatic rings. The molecule has 19 heavy (non-hydrogen) atoms. The number of pyridine rings is 1. The molecule has 2 N–H and O–H groups in total. The van der Waals surface area contributed by atoms with Crippen molar-refractivity contribution >= 4 is 21.6 Å². The molecule has 1 aromatic heterocycles. The number of halogens is 2. The SMILES string of the molecule is CC(CO)(Nc1cccc(Br)c1)c1cncc(F)c1. The summed E-state index contributed by atoms with van der Waals surface area (Å²) in [5, 5.41) is 12.8. The third kappa shape index (κ3) is 3.30. The number of rotatable bonds is 4. The number of hydrogen-bond donors (Lipinski definition) is 2. The van der Waals surface area contributed by atoms with Crippen molar-refractivity contribution < 1.29 is 9.50 Å². The molecule has 0 bridgehead atoms. The second-order valence-corrected chi connectivity index (χ2v) is 5.43. The fraction of sp³-hybridized carbons (Fsp3) is 0.214. The molecule has 100 valence electrons. The van der Waals surface area contributed by atoms with Crippen LogP contribution in [0.4, 0.5) is 10.1 Å². The van der Waals surface area contributed by atoms with E-state index < -0.39 is 11.4 Å². The van der Waals surface area contributed by atoms with Gasteiger partial charge >= 0.3 is 0 Å². The molecule has 0 amide bonds. The molecule has 1 aromatic carbocycles. The van der Waals surface area contributed by atoms with Gasteiger partial charge < -0.3 is 10.4 Å². The van der Waals surface area contributed by atoms with E-state index in [0.717, 1.165) is 16.4 Å². The summed E-state index contributed by atoms with van der Waals surface area (Å²) in [5.41, 5.74) is 0.626. The fourth-order valence-electron chi connectivity index (χ4n) is 1.80. The Morgan fingerprint density at radius 2 is 2.16 bits per heavy atom. The molecule has 1 heterocycles. The number of aromatic nitrogens is 1. The van der Waals surface area contributed by atoms with Crippen LogP contribution in [0.3, 0.4) is 0 Å². The zero-order chi connectivity index (χ0) is 13.9. The molecule has 0 saturated heterocycles. The summed E-state index contributed by atoms with van der Waals surface area (Å²) in [7, 11) is 0. The number of aliphatic hydroxyl groups excluding tert-OH is 1. The lowest BCUT2D eigenvalue weighted by atomic mass is 9.94. The van der Waals surface area contributed by atoms with Crippen LogP contribution in [0.25, 0.3) is 0 Å². The molecule has 0 spiro atoms. The Morgan fingerprint density at radius 3 is 2.79 bits per heavy atom. The van der Waals surface area contributed by atoms with E-state index in [4.69, 9.17) is 0 Å². The molecule has 0 radical (unpaired) electrons. The van der Waals surface area contributed by atoms with Gasteiger partial charge in [0.2, 0.25) is 0 Å². The van der Waals surface area contributed by atoms with E-state index in [9.17, 15) is 9.50 Å². The van der Waals surface area contributed by atoms with Crippen LogP contribution in [-0.2, 0) is 5.54 Å². The van der Waals surface area contributed by atoms with Crippen molar-refractivity contribution in [1.29, 1.82) is 0 Å². The second-order valence-electron chi connectivity index (χ2n) is 4.52. The first-order valence-corrected chi connectivity index (χ1v) is 6.58. The Labute approximate surface area is 119 Å². The quantitative estimate of drug-likeness (QED) is 0.907. The van der Waals surface area contributed by atoms with Crippen LogP contribution >= 0.6 is 15.9 Å². The smallest absolute Gasteiger partial charge is 0.141 e. The highest BCUT2D eigenvalue weighted by molar-refractivity contribution is 9.10. The van der Waals surface area contributed by atoms with Crippen LogP contribution in [-0.4, -0.2) is 16.7 Å². The van der Waals surface area contributed by atoms with Crippen molar-refractivity contribution in [2.24, 2.45) is 0 Å². The first-order valence-electron chi connectivity index (χ1n) is 5.79. The van der Waals surface area contributed by atoms with E-state index in [1.807, 2.05) is 24.3 Å². The van der Waals surface area contributed by atoms with Crippen LogP contribution < -0.4 is 5.32 Å². The Balaban J connectivity index is 2.32. The summed E-state index contributed by atoms with van der Waals surface area (Å²) in [5.74, 6) is -0.423. The minimum Gasteiger partial charge on any atom is -0.394 e. The molecule has 1 unspecified atom stereocenters. The lowest BCUT2D eigenvalue weighted by molar-refractivity contribution is 0.223. The molecule has 3 nitrogen and oxygen atoms in total. The van der Waals surface area contributed by atoms with E-state index in [1.165, 1.54) is 6.07 Å². The molecule has 0 fully saturated rings. The third-order valence-electron chi connectivity index (χ3n) is 2.90. The van der Waals surface area contributed by atoms with Crippen LogP contribution in [0.1, 0.15) is 12.5 Å². The summed E-state index contributed by atoms with van der Waals surface area (Å²) in [4.78, 5) is 3.82. The monoisotopic (exact) mass is 324 g/mol. The first-order chi connectivity index (χ1) is 9.03. The maximum Gasteiger partial charge on any atom is 0.141 e. The number of hydrogen-bond acceptors (Lipinski definition) is 3. The van der Waals surface area contributed by atoms with Gasteiger partial charge in [0, 0.05) is 21.9 Å². The molecule has 0 aliphatic heterocycles. The molecular weight excluding hydrogens is 311 g/mol. The highest BCUT2D eigenvalue weighted by Gasteiger charge is 2.26. The Morgan fingerprint density at radius 1 is 1.37 bits per heavy atom. The van der Waals surface area contributed by atoms with E-state index in [0.29, 0.717) is 5.56 Å². The lowest BCUT2D eigenvalue weighted by Crippen LogP contribution is -2.36. The van der Waals surface area contributed by atoms with Crippen LogP contribution in [0.2, 0.25) is 0 Å². The zero-order valence-electron chi connectivity index (χ0n) is 10.4. The van der Waals surface area contributed by atoms with Gasteiger partial charge in [0.15, 0.2) is 0 Å². The Hall–Kier alpha value is -1.46. The van der Waals surface area contributed by atoms with Crippen molar-refractivity contribution in [2.75, 3.05) is 11.9 Å². The summed E-state index contributed by atoms with van der Waals surface area (Å²) in [6, 6.07) is 8.93. The van der Waals surface area contributed by atoms with Crippen molar-refractivity contribution in [3.05, 3.63) is 58.6 Å². The van der Waals surface area contributed by atoms with Gasteiger partial charge in [-0.15, -0.1) is 0 Å². The number of nitrogens with zero attached hydrogens (tertiary/aromatic N) is 1. The normalized spacial score (nSPS) is 13.9. The summed E-state index contributed by atoms with van der Waals surface area (Å²) in [6.45, 7) is 1.62. The average Bonchev–Trinajstić information content (AvgIpc) is 2.38. The van der Waals surface area contributed by atoms with E-state index >= 15 is 0 Å². The third-order valence-corrected chi connectivity index (χ3v) is 3.40. The molecular formula is C14H14BrFN2O. The Bertz CT molecular complexity index is 579. The van der Waals surface area contributed by atoms with Crippen molar-refractivity contribution in [2.45, 2.75) is 12.5 Å². The summed E-state index contributed by atoms with van der Waals surface area (Å²) < 4.78 is 14.2. The summed E-state index contributed by atoms with van der Waals surface area (Å²) >= 11 is 3.38.